The number of carbonyl (C=O) groups is 1. The number of hydrogen-bond donors (Lipinski definition) is 1. The molecule has 3 aromatic rings. The molecule has 5 nitrogen and oxygen atoms in total. The van der Waals surface area contributed by atoms with Gasteiger partial charge in [-0.15, -0.1) is 0 Å². The van der Waals surface area contributed by atoms with Crippen molar-refractivity contribution in [2.75, 3.05) is 6.61 Å². The molecule has 1 amide bonds. The molecule has 1 atom stereocenters. The van der Waals surface area contributed by atoms with Gasteiger partial charge in [0.25, 0.3) is 5.91 Å². The first-order chi connectivity index (χ1) is 12.5. The number of hydrogen-bond acceptors (Lipinski definition) is 3. The maximum atomic E-state index is 14.3. The molecule has 0 spiro atoms. The number of rotatable bonds is 6. The van der Waals surface area contributed by atoms with Crippen LogP contribution in [0.5, 0.6) is 5.75 Å². The van der Waals surface area contributed by atoms with Crippen LogP contribution in [-0.2, 0) is 11.8 Å². The van der Waals surface area contributed by atoms with Crippen molar-refractivity contribution in [1.82, 2.24) is 14.9 Å². The Labute approximate surface area is 151 Å². The van der Waals surface area contributed by atoms with Crippen LogP contribution in [0.4, 0.5) is 4.39 Å². The highest BCUT2D eigenvalue weighted by atomic mass is 19.1. The van der Waals surface area contributed by atoms with Crippen molar-refractivity contribution in [2.24, 2.45) is 7.05 Å². The topological polar surface area (TPSA) is 56.1 Å². The maximum absolute atomic E-state index is 14.3. The summed E-state index contributed by atoms with van der Waals surface area (Å²) < 4.78 is 21.6. The van der Waals surface area contributed by atoms with Gasteiger partial charge in [0.1, 0.15) is 23.4 Å². The lowest BCUT2D eigenvalue weighted by molar-refractivity contribution is -0.123. The Bertz CT molecular complexity index is 907. The fourth-order valence-electron chi connectivity index (χ4n) is 2.70. The van der Waals surface area contributed by atoms with Gasteiger partial charge >= 0.3 is 0 Å². The molecule has 0 aliphatic heterocycles. The second kappa shape index (κ2) is 7.82. The van der Waals surface area contributed by atoms with Crippen LogP contribution in [0.3, 0.4) is 0 Å². The summed E-state index contributed by atoms with van der Waals surface area (Å²) in [7, 11) is 1.80. The van der Waals surface area contributed by atoms with Crippen molar-refractivity contribution in [1.29, 1.82) is 0 Å². The number of carbonyl (C=O) groups excluding carboxylic acids is 1. The molecule has 26 heavy (non-hydrogen) atoms. The summed E-state index contributed by atoms with van der Waals surface area (Å²) in [5.41, 5.74) is 1.39. The predicted octanol–water partition coefficient (Wildman–Crippen LogP) is 3.15. The smallest absolute Gasteiger partial charge is 0.258 e. The zero-order valence-corrected chi connectivity index (χ0v) is 14.6. The van der Waals surface area contributed by atoms with Gasteiger partial charge in [0.05, 0.1) is 0 Å². The predicted molar refractivity (Wildman–Crippen MR) is 96.3 cm³/mol. The molecule has 1 N–H and O–H groups in total. The average Bonchev–Trinajstić information content (AvgIpc) is 3.04. The third-order valence-electron chi connectivity index (χ3n) is 4.00. The lowest BCUT2D eigenvalue weighted by Crippen LogP contribution is -2.35. The van der Waals surface area contributed by atoms with Crippen LogP contribution >= 0.6 is 0 Å². The second-order valence-electron chi connectivity index (χ2n) is 6.02. The molecule has 2 aromatic carbocycles. The molecular formula is C20H20FN3O2. The first-order valence-electron chi connectivity index (χ1n) is 8.25. The molecule has 0 aliphatic carbocycles. The number of ether oxygens (including phenoxy) is 1. The van der Waals surface area contributed by atoms with Crippen LogP contribution in [0.1, 0.15) is 23.0 Å². The number of nitrogens with zero attached hydrogens (tertiary/aromatic N) is 2. The van der Waals surface area contributed by atoms with Crippen molar-refractivity contribution in [3.05, 3.63) is 83.7 Å². The first kappa shape index (κ1) is 17.7. The molecule has 0 aliphatic rings. The van der Waals surface area contributed by atoms with Gasteiger partial charge in [-0.2, -0.15) is 0 Å². The number of aromatic nitrogens is 2. The minimum Gasteiger partial charge on any atom is -0.484 e. The SMILES string of the molecule is Cc1cccc(OCC(=O)N[C@@H](c2ccccc2F)c2nccn2C)c1. The largest absolute Gasteiger partial charge is 0.484 e. The van der Waals surface area contributed by atoms with Crippen molar-refractivity contribution in [3.8, 4) is 5.75 Å². The van der Waals surface area contributed by atoms with E-state index in [1.54, 1.807) is 48.3 Å². The van der Waals surface area contributed by atoms with Crippen LogP contribution in [0.25, 0.3) is 0 Å². The Kier molecular flexibility index (Phi) is 5.31. The zero-order valence-electron chi connectivity index (χ0n) is 14.6. The molecule has 134 valence electrons. The Morgan fingerprint density at radius 1 is 1.27 bits per heavy atom. The molecule has 0 bridgehead atoms. The molecule has 0 radical (unpaired) electrons. The molecule has 0 saturated heterocycles. The van der Waals surface area contributed by atoms with Crippen molar-refractivity contribution >= 4 is 5.91 Å². The Hall–Kier alpha value is -3.15. The summed E-state index contributed by atoms with van der Waals surface area (Å²) >= 11 is 0. The maximum Gasteiger partial charge on any atom is 0.258 e. The fraction of sp³-hybridized carbons (Fsp3) is 0.200. The summed E-state index contributed by atoms with van der Waals surface area (Å²) in [5, 5.41) is 2.81. The summed E-state index contributed by atoms with van der Waals surface area (Å²) in [6, 6.07) is 13.1. The molecule has 3 rings (SSSR count). The highest BCUT2D eigenvalue weighted by Crippen LogP contribution is 2.23. The van der Waals surface area contributed by atoms with Gasteiger partial charge in [-0.25, -0.2) is 9.37 Å². The van der Waals surface area contributed by atoms with Crippen molar-refractivity contribution in [3.63, 3.8) is 0 Å². The molecule has 0 unspecified atom stereocenters. The third-order valence-corrected chi connectivity index (χ3v) is 4.00. The monoisotopic (exact) mass is 353 g/mol. The first-order valence-corrected chi connectivity index (χ1v) is 8.25. The minimum atomic E-state index is -0.704. The van der Waals surface area contributed by atoms with Gasteiger partial charge in [0, 0.05) is 25.0 Å². The van der Waals surface area contributed by atoms with E-state index >= 15 is 0 Å². The molecule has 0 saturated carbocycles. The molecule has 1 aromatic heterocycles. The van der Waals surface area contributed by atoms with Gasteiger partial charge in [-0.1, -0.05) is 30.3 Å². The lowest BCUT2D eigenvalue weighted by atomic mass is 10.1. The van der Waals surface area contributed by atoms with Gasteiger partial charge in [-0.05, 0) is 30.7 Å². The van der Waals surface area contributed by atoms with Gasteiger partial charge in [-0.3, -0.25) is 4.79 Å². The van der Waals surface area contributed by atoms with E-state index in [1.165, 1.54) is 6.07 Å². The standard InChI is InChI=1S/C20H20FN3O2/c1-14-6-5-7-15(12-14)26-13-18(25)23-19(20-22-10-11-24(20)2)16-8-3-4-9-17(16)21/h3-12,19H,13H2,1-2H3,(H,23,25)/t19-/m0/s1. The van der Waals surface area contributed by atoms with E-state index in [1.807, 2.05) is 25.1 Å². The van der Waals surface area contributed by atoms with Crippen LogP contribution in [0, 0.1) is 12.7 Å². The van der Waals surface area contributed by atoms with E-state index in [4.69, 9.17) is 4.74 Å². The Morgan fingerprint density at radius 2 is 2.08 bits per heavy atom. The minimum absolute atomic E-state index is 0.168. The normalized spacial score (nSPS) is 11.8. The third kappa shape index (κ3) is 4.08. The van der Waals surface area contributed by atoms with E-state index in [2.05, 4.69) is 10.3 Å². The Balaban J connectivity index is 1.77. The van der Waals surface area contributed by atoms with Crippen LogP contribution in [0.2, 0.25) is 0 Å². The van der Waals surface area contributed by atoms with E-state index in [9.17, 15) is 9.18 Å². The summed E-state index contributed by atoms with van der Waals surface area (Å²) in [5.74, 6) is 0.391. The quantitative estimate of drug-likeness (QED) is 0.741. The summed E-state index contributed by atoms with van der Waals surface area (Å²) in [4.78, 5) is 16.7. The van der Waals surface area contributed by atoms with Crippen molar-refractivity contribution < 1.29 is 13.9 Å². The highest BCUT2D eigenvalue weighted by molar-refractivity contribution is 5.78. The highest BCUT2D eigenvalue weighted by Gasteiger charge is 2.23. The van der Waals surface area contributed by atoms with Crippen molar-refractivity contribution in [2.45, 2.75) is 13.0 Å². The lowest BCUT2D eigenvalue weighted by Gasteiger charge is -2.20. The van der Waals surface area contributed by atoms with E-state index in [0.717, 1.165) is 5.56 Å². The van der Waals surface area contributed by atoms with Gasteiger partial charge in [0.2, 0.25) is 0 Å². The molecule has 6 heteroatoms. The number of nitrogens with one attached hydrogen (secondary N) is 1. The van der Waals surface area contributed by atoms with Gasteiger partial charge in [0.15, 0.2) is 6.61 Å². The zero-order chi connectivity index (χ0) is 18.5. The summed E-state index contributed by atoms with van der Waals surface area (Å²) in [6.07, 6.45) is 3.36. The number of benzene rings is 2. The van der Waals surface area contributed by atoms with E-state index in [0.29, 0.717) is 17.1 Å². The van der Waals surface area contributed by atoms with Gasteiger partial charge < -0.3 is 14.6 Å². The fourth-order valence-corrected chi connectivity index (χ4v) is 2.70. The number of halogens is 1. The van der Waals surface area contributed by atoms with Crippen LogP contribution < -0.4 is 10.1 Å². The number of amides is 1. The van der Waals surface area contributed by atoms with Crippen LogP contribution in [0.15, 0.2) is 60.9 Å². The number of imidazole rings is 1. The average molecular weight is 353 g/mol. The van der Waals surface area contributed by atoms with Crippen LogP contribution in [-0.4, -0.2) is 22.1 Å². The number of aryl methyl sites for hydroxylation is 2. The molecule has 1 heterocycles. The molecular weight excluding hydrogens is 333 g/mol. The molecule has 0 fully saturated rings. The Morgan fingerprint density at radius 3 is 2.77 bits per heavy atom. The van der Waals surface area contributed by atoms with E-state index < -0.39 is 11.9 Å². The summed E-state index contributed by atoms with van der Waals surface area (Å²) in [6.45, 7) is 1.78. The second-order valence-corrected chi connectivity index (χ2v) is 6.02. The van der Waals surface area contributed by atoms with E-state index in [-0.39, 0.29) is 12.5 Å².